The monoisotopic (exact) mass is 554 g/mol. The van der Waals surface area contributed by atoms with Crippen LogP contribution in [-0.2, 0) is 30.8 Å². The number of amides is 1. The summed E-state index contributed by atoms with van der Waals surface area (Å²) in [5, 5.41) is 22.8. The molecule has 0 heterocycles. The van der Waals surface area contributed by atoms with E-state index in [0.717, 1.165) is 25.3 Å². The molecule has 0 saturated heterocycles. The number of nitrogens with one attached hydrogen (secondary N) is 1. The van der Waals surface area contributed by atoms with E-state index < -0.39 is 45.6 Å². The van der Waals surface area contributed by atoms with Crippen LogP contribution in [0.1, 0.15) is 42.1 Å². The Labute approximate surface area is 220 Å². The molecular weight excluding hydrogens is 523 g/mol. The van der Waals surface area contributed by atoms with Crippen molar-refractivity contribution < 1.29 is 46.9 Å². The minimum atomic E-state index is -4.03. The fraction of sp³-hybridized carbons (Fsp3) is 0.400. The van der Waals surface area contributed by atoms with Crippen molar-refractivity contribution in [3.8, 4) is 17.2 Å². The normalized spacial score (nSPS) is 11.1. The molecule has 0 aromatic heterocycles. The van der Waals surface area contributed by atoms with Gasteiger partial charge in [0, 0.05) is 13.0 Å². The van der Waals surface area contributed by atoms with Crippen LogP contribution in [-0.4, -0.2) is 69.4 Å². The van der Waals surface area contributed by atoms with Crippen molar-refractivity contribution in [2.24, 2.45) is 0 Å². The number of Topliss-reactive ketones (excluding diaryl/α,β-unsaturated/α-hetero) is 1. The number of aryl methyl sites for hydroxylation is 1. The third-order valence-corrected chi connectivity index (χ3v) is 6.42. The van der Waals surface area contributed by atoms with Gasteiger partial charge in [0.2, 0.25) is 15.9 Å². The first-order valence-electron chi connectivity index (χ1n) is 11.6. The molecular formula is C25H31FN2O9S. The van der Waals surface area contributed by atoms with Crippen molar-refractivity contribution in [3.05, 3.63) is 47.3 Å². The lowest BCUT2D eigenvalue weighted by molar-refractivity contribution is -0.121. The highest BCUT2D eigenvalue weighted by Gasteiger charge is 2.26. The van der Waals surface area contributed by atoms with Crippen LogP contribution in [0.15, 0.2) is 30.3 Å². The largest absolute Gasteiger partial charge is 0.507 e. The lowest BCUT2D eigenvalue weighted by Gasteiger charge is -2.23. The van der Waals surface area contributed by atoms with E-state index in [1.54, 1.807) is 0 Å². The van der Waals surface area contributed by atoms with E-state index in [2.05, 4.69) is 10.1 Å². The fourth-order valence-electron chi connectivity index (χ4n) is 3.53. The van der Waals surface area contributed by atoms with Gasteiger partial charge in [-0.3, -0.25) is 13.9 Å². The van der Waals surface area contributed by atoms with Crippen molar-refractivity contribution in [1.82, 2.24) is 5.32 Å². The first-order valence-corrected chi connectivity index (χ1v) is 13.5. The summed E-state index contributed by atoms with van der Waals surface area (Å²) in [5.41, 5.74) is -0.416. The second-order valence-electron chi connectivity index (χ2n) is 8.46. The molecule has 2 aromatic rings. The summed E-state index contributed by atoms with van der Waals surface area (Å²) in [6, 6.07) is 6.58. The molecule has 0 unspecified atom stereocenters. The number of methoxy groups -OCH3 is 1. The molecule has 2 aromatic carbocycles. The summed E-state index contributed by atoms with van der Waals surface area (Å²) in [4.78, 5) is 35.4. The zero-order chi connectivity index (χ0) is 28.5. The third kappa shape index (κ3) is 8.61. The molecule has 1 amide bonds. The van der Waals surface area contributed by atoms with Crippen LogP contribution < -0.4 is 14.4 Å². The average Bonchev–Trinajstić information content (AvgIpc) is 2.82. The van der Waals surface area contributed by atoms with Crippen molar-refractivity contribution >= 4 is 33.4 Å². The molecule has 0 radical (unpaired) electrons. The van der Waals surface area contributed by atoms with E-state index in [9.17, 15) is 37.4 Å². The number of halogens is 1. The molecule has 3 N–H and O–H groups in total. The van der Waals surface area contributed by atoms with Gasteiger partial charge in [-0.15, -0.1) is 0 Å². The Balaban J connectivity index is 1.83. The number of nitrogens with zero attached hydrogens (tertiary/aromatic N) is 1. The minimum Gasteiger partial charge on any atom is -0.507 e. The Hall–Kier alpha value is -3.87. The number of hydrogen-bond donors (Lipinski definition) is 3. The van der Waals surface area contributed by atoms with Gasteiger partial charge < -0.3 is 25.0 Å². The molecule has 0 saturated carbocycles. The SMILES string of the molecule is COC(=O)c1c(O)cccc1OCCCCNC(=O)CCc1cc(O)c(N(CC(C)=O)S(C)(=O)=O)c(F)c1. The maximum absolute atomic E-state index is 14.7. The lowest BCUT2D eigenvalue weighted by Crippen LogP contribution is -2.34. The van der Waals surface area contributed by atoms with E-state index in [0.29, 0.717) is 23.7 Å². The number of ketones is 1. The summed E-state index contributed by atoms with van der Waals surface area (Å²) in [5.74, 6) is -3.34. The van der Waals surface area contributed by atoms with Gasteiger partial charge in [-0.1, -0.05) is 6.07 Å². The number of carbonyl (C=O) groups is 3. The third-order valence-electron chi connectivity index (χ3n) is 5.30. The van der Waals surface area contributed by atoms with Crippen molar-refractivity contribution in [2.75, 3.05) is 37.4 Å². The molecule has 11 nitrogen and oxygen atoms in total. The minimum absolute atomic E-state index is 0.0102. The molecule has 208 valence electrons. The molecule has 38 heavy (non-hydrogen) atoms. The Morgan fingerprint density at radius 1 is 1.11 bits per heavy atom. The highest BCUT2D eigenvalue weighted by molar-refractivity contribution is 7.92. The number of unbranched alkanes of at least 4 members (excludes halogenated alkanes) is 1. The molecule has 2 rings (SSSR count). The van der Waals surface area contributed by atoms with E-state index in [4.69, 9.17) is 4.74 Å². The lowest BCUT2D eigenvalue weighted by atomic mass is 10.1. The van der Waals surface area contributed by atoms with E-state index in [1.165, 1.54) is 25.3 Å². The number of anilines is 1. The van der Waals surface area contributed by atoms with Crippen LogP contribution >= 0.6 is 0 Å². The van der Waals surface area contributed by atoms with Gasteiger partial charge in [0.15, 0.2) is 5.82 Å². The standard InChI is InChI=1S/C25H31FN2O9S/c1-16(29)15-28(38(3,34)35)24-18(26)13-17(14-20(24)31)9-10-22(32)27-11-4-5-12-37-21-8-6-7-19(30)23(21)25(33)36-2/h6-8,13-14,30-31H,4-5,9-12,15H2,1-3H3,(H,27,32). The Kier molecular flexibility index (Phi) is 10.9. The number of benzene rings is 2. The summed E-state index contributed by atoms with van der Waals surface area (Å²) in [6.45, 7) is 1.07. The van der Waals surface area contributed by atoms with E-state index >= 15 is 0 Å². The number of sulfonamides is 1. The topological polar surface area (TPSA) is 160 Å². The quantitative estimate of drug-likeness (QED) is 0.235. The molecule has 13 heteroatoms. The zero-order valence-electron chi connectivity index (χ0n) is 21.3. The first-order chi connectivity index (χ1) is 17.8. The van der Waals surface area contributed by atoms with Gasteiger partial charge in [0.25, 0.3) is 0 Å². The maximum atomic E-state index is 14.7. The maximum Gasteiger partial charge on any atom is 0.345 e. The Bertz CT molecular complexity index is 1260. The number of esters is 1. The number of aromatic hydroxyl groups is 2. The molecule has 0 fully saturated rings. The highest BCUT2D eigenvalue weighted by atomic mass is 32.2. The second kappa shape index (κ2) is 13.6. The van der Waals surface area contributed by atoms with Crippen molar-refractivity contribution in [2.45, 2.75) is 32.6 Å². The van der Waals surface area contributed by atoms with Crippen LogP contribution in [0.25, 0.3) is 0 Å². The van der Waals surface area contributed by atoms with Gasteiger partial charge in [-0.2, -0.15) is 0 Å². The molecule has 0 atom stereocenters. The number of rotatable bonds is 14. The Morgan fingerprint density at radius 2 is 1.82 bits per heavy atom. The van der Waals surface area contributed by atoms with E-state index in [-0.39, 0.29) is 48.0 Å². The zero-order valence-corrected chi connectivity index (χ0v) is 22.1. The van der Waals surface area contributed by atoms with Crippen LogP contribution in [0, 0.1) is 5.82 Å². The van der Waals surface area contributed by atoms with Gasteiger partial charge in [0.05, 0.1) is 26.5 Å². The molecule has 0 aliphatic heterocycles. The highest BCUT2D eigenvalue weighted by Crippen LogP contribution is 2.34. The number of phenols is 2. The number of hydrogen-bond acceptors (Lipinski definition) is 9. The van der Waals surface area contributed by atoms with Crippen LogP contribution in [0.5, 0.6) is 17.2 Å². The van der Waals surface area contributed by atoms with Gasteiger partial charge >= 0.3 is 5.97 Å². The predicted molar refractivity (Wildman–Crippen MR) is 136 cm³/mol. The second-order valence-corrected chi connectivity index (χ2v) is 10.4. The molecule has 0 aliphatic rings. The summed E-state index contributed by atoms with van der Waals surface area (Å²) in [7, 11) is -2.84. The van der Waals surface area contributed by atoms with Gasteiger partial charge in [-0.05, 0) is 56.0 Å². The number of carbonyl (C=O) groups excluding carboxylic acids is 3. The van der Waals surface area contributed by atoms with Gasteiger partial charge in [0.1, 0.15) is 34.3 Å². The average molecular weight is 555 g/mol. The van der Waals surface area contributed by atoms with E-state index in [1.807, 2.05) is 0 Å². The molecule has 0 bridgehead atoms. The van der Waals surface area contributed by atoms with Crippen LogP contribution in [0.3, 0.4) is 0 Å². The summed E-state index contributed by atoms with van der Waals surface area (Å²) < 4.78 is 49.4. The summed E-state index contributed by atoms with van der Waals surface area (Å²) in [6.07, 6.45) is 1.96. The fourth-order valence-corrected chi connectivity index (χ4v) is 4.45. The van der Waals surface area contributed by atoms with Crippen LogP contribution in [0.2, 0.25) is 0 Å². The van der Waals surface area contributed by atoms with Crippen LogP contribution in [0.4, 0.5) is 10.1 Å². The Morgan fingerprint density at radius 3 is 2.42 bits per heavy atom. The smallest absolute Gasteiger partial charge is 0.345 e. The van der Waals surface area contributed by atoms with Gasteiger partial charge in [-0.25, -0.2) is 17.6 Å². The molecule has 0 aliphatic carbocycles. The predicted octanol–water partition coefficient (Wildman–Crippen LogP) is 2.29. The number of phenolic OH excluding ortho intramolecular Hbond substituents is 2. The number of ether oxygens (including phenoxy) is 2. The molecule has 0 spiro atoms. The van der Waals surface area contributed by atoms with Crippen molar-refractivity contribution in [1.29, 1.82) is 0 Å². The summed E-state index contributed by atoms with van der Waals surface area (Å²) >= 11 is 0. The first kappa shape index (κ1) is 30.4. The van der Waals surface area contributed by atoms with Crippen molar-refractivity contribution in [3.63, 3.8) is 0 Å².